The molecule has 0 unspecified atom stereocenters. The van der Waals surface area contributed by atoms with Crippen LogP contribution in [0, 0.1) is 6.92 Å². The van der Waals surface area contributed by atoms with E-state index in [0.29, 0.717) is 11.7 Å². The molecule has 0 aliphatic heterocycles. The minimum absolute atomic E-state index is 0.456. The first kappa shape index (κ1) is 16.4. The Labute approximate surface area is 145 Å². The monoisotopic (exact) mass is 334 g/mol. The van der Waals surface area contributed by atoms with Gasteiger partial charge in [-0.1, -0.05) is 30.3 Å². The van der Waals surface area contributed by atoms with Crippen molar-refractivity contribution in [3.63, 3.8) is 0 Å². The van der Waals surface area contributed by atoms with Crippen LogP contribution in [-0.2, 0) is 0 Å². The lowest BCUT2D eigenvalue weighted by Gasteiger charge is -2.04. The van der Waals surface area contributed by atoms with E-state index in [1.807, 2.05) is 67.6 Å². The standard InChI is InChI=1S/C18H18N6O/c1-13-12-17(21-19-13)22-24-18(14-6-4-3-5-7-14)23-20-15-8-10-16(25-2)11-9-15/h3-12,20H,1-2H3,(H,19,21)/b23-18-,24-22?. The number of ether oxygens (including phenoxy) is 1. The topological polar surface area (TPSA) is 87.0 Å². The summed E-state index contributed by atoms with van der Waals surface area (Å²) in [7, 11) is 1.63. The first-order valence-corrected chi connectivity index (χ1v) is 7.71. The van der Waals surface area contributed by atoms with Gasteiger partial charge >= 0.3 is 0 Å². The predicted octanol–water partition coefficient (Wildman–Crippen LogP) is 4.28. The minimum Gasteiger partial charge on any atom is -0.497 e. The Balaban J connectivity index is 1.83. The van der Waals surface area contributed by atoms with Crippen LogP contribution in [-0.4, -0.2) is 23.1 Å². The number of aromatic nitrogens is 2. The van der Waals surface area contributed by atoms with Gasteiger partial charge in [0.15, 0.2) is 5.82 Å². The molecule has 0 atom stereocenters. The van der Waals surface area contributed by atoms with E-state index < -0.39 is 0 Å². The number of hydrogen-bond acceptors (Lipinski definition) is 5. The van der Waals surface area contributed by atoms with Gasteiger partial charge in [0.1, 0.15) is 5.75 Å². The van der Waals surface area contributed by atoms with E-state index in [-0.39, 0.29) is 0 Å². The van der Waals surface area contributed by atoms with Crippen LogP contribution < -0.4 is 10.2 Å². The summed E-state index contributed by atoms with van der Waals surface area (Å²) in [5.74, 6) is 1.74. The number of benzene rings is 2. The molecule has 0 radical (unpaired) electrons. The summed E-state index contributed by atoms with van der Waals surface area (Å²) in [6.45, 7) is 1.91. The van der Waals surface area contributed by atoms with Gasteiger partial charge in [-0.2, -0.15) is 10.2 Å². The highest BCUT2D eigenvalue weighted by Crippen LogP contribution is 2.16. The number of hydrazone groups is 1. The Bertz CT molecular complexity index is 868. The molecule has 126 valence electrons. The number of methoxy groups -OCH3 is 1. The molecule has 3 aromatic rings. The second-order valence-electron chi connectivity index (χ2n) is 5.25. The van der Waals surface area contributed by atoms with Gasteiger partial charge in [0, 0.05) is 17.3 Å². The van der Waals surface area contributed by atoms with Crippen LogP contribution >= 0.6 is 0 Å². The molecule has 0 bridgehead atoms. The molecule has 1 aromatic heterocycles. The van der Waals surface area contributed by atoms with Crippen LogP contribution in [0.5, 0.6) is 5.75 Å². The lowest BCUT2D eigenvalue weighted by atomic mass is 10.2. The van der Waals surface area contributed by atoms with Crippen molar-refractivity contribution in [2.24, 2.45) is 15.3 Å². The average molecular weight is 334 g/mol. The Kier molecular flexibility index (Phi) is 5.16. The molecule has 0 saturated carbocycles. The quantitative estimate of drug-likeness (QED) is 0.316. The second kappa shape index (κ2) is 7.87. The lowest BCUT2D eigenvalue weighted by Crippen LogP contribution is -2.01. The van der Waals surface area contributed by atoms with Crippen molar-refractivity contribution in [1.82, 2.24) is 10.2 Å². The first-order valence-electron chi connectivity index (χ1n) is 7.71. The van der Waals surface area contributed by atoms with Crippen LogP contribution in [0.2, 0.25) is 0 Å². The predicted molar refractivity (Wildman–Crippen MR) is 97.4 cm³/mol. The third-order valence-corrected chi connectivity index (χ3v) is 3.35. The number of aromatic amines is 1. The van der Waals surface area contributed by atoms with Crippen molar-refractivity contribution in [3.8, 4) is 5.75 Å². The largest absolute Gasteiger partial charge is 0.497 e. The fourth-order valence-electron chi connectivity index (χ4n) is 2.07. The maximum absolute atomic E-state index is 5.15. The van der Waals surface area contributed by atoms with Crippen LogP contribution in [0.4, 0.5) is 11.5 Å². The molecule has 2 N–H and O–H groups in total. The van der Waals surface area contributed by atoms with Crippen LogP contribution in [0.25, 0.3) is 0 Å². The molecule has 7 nitrogen and oxygen atoms in total. The number of nitrogens with one attached hydrogen (secondary N) is 2. The summed E-state index contributed by atoms with van der Waals surface area (Å²) in [4.78, 5) is 0. The zero-order valence-electron chi connectivity index (χ0n) is 14.0. The van der Waals surface area contributed by atoms with Gasteiger partial charge in [-0.3, -0.25) is 10.5 Å². The Morgan fingerprint density at radius 2 is 1.84 bits per heavy atom. The number of hydrogen-bond donors (Lipinski definition) is 2. The fourth-order valence-corrected chi connectivity index (χ4v) is 2.07. The van der Waals surface area contributed by atoms with Crippen molar-refractivity contribution in [3.05, 3.63) is 71.9 Å². The average Bonchev–Trinajstić information content (AvgIpc) is 3.08. The summed E-state index contributed by atoms with van der Waals surface area (Å²) in [6.07, 6.45) is 0. The molecule has 7 heteroatoms. The number of amidine groups is 1. The van der Waals surface area contributed by atoms with E-state index >= 15 is 0 Å². The van der Waals surface area contributed by atoms with Gasteiger partial charge in [0.25, 0.3) is 0 Å². The maximum Gasteiger partial charge on any atom is 0.201 e. The van der Waals surface area contributed by atoms with E-state index in [1.54, 1.807) is 7.11 Å². The van der Waals surface area contributed by atoms with Crippen LogP contribution in [0.1, 0.15) is 11.3 Å². The zero-order chi connectivity index (χ0) is 17.5. The molecule has 1 heterocycles. The van der Waals surface area contributed by atoms with Crippen LogP contribution in [0.15, 0.2) is 76.0 Å². The Hall–Kier alpha value is -3.48. The smallest absolute Gasteiger partial charge is 0.201 e. The zero-order valence-corrected chi connectivity index (χ0v) is 14.0. The van der Waals surface area contributed by atoms with Gasteiger partial charge in [-0.25, -0.2) is 0 Å². The van der Waals surface area contributed by atoms with E-state index in [2.05, 4.69) is 31.0 Å². The molecular formula is C18H18N6O. The van der Waals surface area contributed by atoms with Gasteiger partial charge in [-0.15, -0.1) is 10.2 Å². The van der Waals surface area contributed by atoms with E-state index in [4.69, 9.17) is 4.74 Å². The number of anilines is 1. The third kappa shape index (κ3) is 4.51. The van der Waals surface area contributed by atoms with Crippen molar-refractivity contribution in [2.45, 2.75) is 6.92 Å². The number of rotatable bonds is 5. The number of nitrogens with zero attached hydrogens (tertiary/aromatic N) is 4. The van der Waals surface area contributed by atoms with E-state index in [0.717, 1.165) is 22.7 Å². The third-order valence-electron chi connectivity index (χ3n) is 3.35. The molecular weight excluding hydrogens is 316 g/mol. The fraction of sp³-hybridized carbons (Fsp3) is 0.111. The summed E-state index contributed by atoms with van der Waals surface area (Å²) >= 11 is 0. The number of azo groups is 1. The molecule has 0 spiro atoms. The summed E-state index contributed by atoms with van der Waals surface area (Å²) < 4.78 is 5.15. The van der Waals surface area contributed by atoms with Crippen LogP contribution in [0.3, 0.4) is 0 Å². The number of aryl methyl sites for hydroxylation is 1. The van der Waals surface area contributed by atoms with Crippen molar-refractivity contribution >= 4 is 17.3 Å². The molecule has 2 aromatic carbocycles. The van der Waals surface area contributed by atoms with Gasteiger partial charge in [-0.05, 0) is 31.2 Å². The van der Waals surface area contributed by atoms with Gasteiger partial charge in [0.2, 0.25) is 5.84 Å². The lowest BCUT2D eigenvalue weighted by molar-refractivity contribution is 0.415. The van der Waals surface area contributed by atoms with Crippen molar-refractivity contribution in [1.29, 1.82) is 0 Å². The highest BCUT2D eigenvalue weighted by Gasteiger charge is 2.03. The summed E-state index contributed by atoms with van der Waals surface area (Å²) in [5, 5.41) is 19.6. The molecule has 3 rings (SSSR count). The van der Waals surface area contributed by atoms with Crippen molar-refractivity contribution < 1.29 is 4.74 Å². The highest BCUT2D eigenvalue weighted by molar-refractivity contribution is 5.99. The van der Waals surface area contributed by atoms with Crippen molar-refractivity contribution in [2.75, 3.05) is 12.5 Å². The maximum atomic E-state index is 5.15. The summed E-state index contributed by atoms with van der Waals surface area (Å²) in [6, 6.07) is 18.9. The van der Waals surface area contributed by atoms with Gasteiger partial charge < -0.3 is 4.74 Å². The SMILES string of the molecule is COc1ccc(N/N=C(\N=Nc2cc(C)[nH]n2)c2ccccc2)cc1. The molecule has 0 aliphatic rings. The Morgan fingerprint density at radius 1 is 1.08 bits per heavy atom. The van der Waals surface area contributed by atoms with E-state index in [1.165, 1.54) is 0 Å². The molecule has 0 aliphatic carbocycles. The first-order chi connectivity index (χ1) is 12.2. The molecule has 25 heavy (non-hydrogen) atoms. The second-order valence-corrected chi connectivity index (χ2v) is 5.25. The normalized spacial score (nSPS) is 11.7. The minimum atomic E-state index is 0.456. The molecule has 0 fully saturated rings. The number of H-pyrrole nitrogens is 1. The van der Waals surface area contributed by atoms with Gasteiger partial charge in [0.05, 0.1) is 12.8 Å². The molecule has 0 amide bonds. The highest BCUT2D eigenvalue weighted by atomic mass is 16.5. The Morgan fingerprint density at radius 3 is 2.48 bits per heavy atom. The molecule has 0 saturated heterocycles. The van der Waals surface area contributed by atoms with E-state index in [9.17, 15) is 0 Å². The summed E-state index contributed by atoms with van der Waals surface area (Å²) in [5.41, 5.74) is 5.57.